The van der Waals surface area contributed by atoms with Gasteiger partial charge >= 0.3 is 0 Å². The number of halogens is 1. The molecular weight excluding hydrogens is 333 g/mol. The molecule has 1 heterocycles. The van der Waals surface area contributed by atoms with Gasteiger partial charge in [0.15, 0.2) is 5.16 Å². The number of carbonyl (C=O) groups is 2. The molecule has 2 aromatic rings. The van der Waals surface area contributed by atoms with Crippen LogP contribution < -0.4 is 11.1 Å². The predicted octanol–water partition coefficient (Wildman–Crippen LogP) is 1.49. The molecule has 0 saturated carbocycles. The number of carbonyl (C=O) groups excluding carboxylic acids is 2. The van der Waals surface area contributed by atoms with Gasteiger partial charge in [0.25, 0.3) is 0 Å². The first-order valence-electron chi connectivity index (χ1n) is 7.26. The van der Waals surface area contributed by atoms with Gasteiger partial charge in [-0.3, -0.25) is 9.59 Å². The number of aryl methyl sites for hydroxylation is 1. The van der Waals surface area contributed by atoms with E-state index in [-0.39, 0.29) is 18.1 Å². The van der Waals surface area contributed by atoms with E-state index in [9.17, 15) is 14.0 Å². The molecule has 2 amide bonds. The van der Waals surface area contributed by atoms with E-state index < -0.39 is 11.2 Å². The number of nitrogens with one attached hydrogen (secondary N) is 1. The van der Waals surface area contributed by atoms with Gasteiger partial charge in [-0.25, -0.2) is 4.39 Å². The lowest BCUT2D eigenvalue weighted by Crippen LogP contribution is -2.22. The summed E-state index contributed by atoms with van der Waals surface area (Å²) in [4.78, 5) is 23.0. The van der Waals surface area contributed by atoms with Gasteiger partial charge in [0.2, 0.25) is 11.8 Å². The molecule has 24 heavy (non-hydrogen) atoms. The lowest BCUT2D eigenvalue weighted by molar-refractivity contribution is -0.118. The monoisotopic (exact) mass is 351 g/mol. The van der Waals surface area contributed by atoms with Crippen molar-refractivity contribution in [2.45, 2.75) is 30.2 Å². The standard InChI is InChI=1S/C15H18FN5O2S/c1-9(14(23)18-11-5-3-10(16)4-6-11)24-15-20-19-13(21(15)2)8-7-12(17)22/h3-6,9H,7-8H2,1-2H3,(H2,17,22)(H,18,23)/t9-/m0/s1. The minimum absolute atomic E-state index is 0.192. The van der Waals surface area contributed by atoms with Gasteiger partial charge in [0.1, 0.15) is 11.6 Å². The summed E-state index contributed by atoms with van der Waals surface area (Å²) in [5, 5.41) is 10.9. The largest absolute Gasteiger partial charge is 0.370 e. The molecular formula is C15H18FN5O2S. The van der Waals surface area contributed by atoms with Crippen molar-refractivity contribution >= 4 is 29.3 Å². The molecule has 0 spiro atoms. The molecule has 0 bridgehead atoms. The zero-order valence-electron chi connectivity index (χ0n) is 13.3. The molecule has 0 radical (unpaired) electrons. The molecule has 0 saturated heterocycles. The summed E-state index contributed by atoms with van der Waals surface area (Å²) in [6.07, 6.45) is 0.590. The van der Waals surface area contributed by atoms with Gasteiger partial charge in [-0.2, -0.15) is 0 Å². The van der Waals surface area contributed by atoms with Crippen LogP contribution in [-0.2, 0) is 23.1 Å². The lowest BCUT2D eigenvalue weighted by atomic mass is 10.3. The lowest BCUT2D eigenvalue weighted by Gasteiger charge is -2.11. The van der Waals surface area contributed by atoms with Crippen LogP contribution in [-0.4, -0.2) is 31.8 Å². The number of nitrogens with two attached hydrogens (primary N) is 1. The molecule has 0 aliphatic heterocycles. The number of benzene rings is 1. The summed E-state index contributed by atoms with van der Waals surface area (Å²) in [5.41, 5.74) is 5.64. The molecule has 0 aliphatic carbocycles. The molecule has 0 fully saturated rings. The van der Waals surface area contributed by atoms with Crippen molar-refractivity contribution < 1.29 is 14.0 Å². The Morgan fingerprint density at radius 3 is 2.62 bits per heavy atom. The third-order valence-electron chi connectivity index (χ3n) is 3.28. The second-order valence-corrected chi connectivity index (χ2v) is 6.49. The van der Waals surface area contributed by atoms with Crippen LogP contribution in [0.15, 0.2) is 29.4 Å². The summed E-state index contributed by atoms with van der Waals surface area (Å²) >= 11 is 1.24. The zero-order valence-corrected chi connectivity index (χ0v) is 14.1. The van der Waals surface area contributed by atoms with Crippen LogP contribution in [0.4, 0.5) is 10.1 Å². The molecule has 7 nitrogen and oxygen atoms in total. The number of primary amides is 1. The molecule has 9 heteroatoms. The number of rotatable bonds is 7. The number of anilines is 1. The molecule has 0 aliphatic rings. The number of hydrogen-bond donors (Lipinski definition) is 2. The molecule has 1 aromatic heterocycles. The SMILES string of the molecule is C[C@H](Sc1nnc(CCC(N)=O)n1C)C(=O)Nc1ccc(F)cc1. The van der Waals surface area contributed by atoms with Crippen molar-refractivity contribution in [2.75, 3.05) is 5.32 Å². The predicted molar refractivity (Wildman–Crippen MR) is 88.9 cm³/mol. The summed E-state index contributed by atoms with van der Waals surface area (Å²) in [6, 6.07) is 5.55. The highest BCUT2D eigenvalue weighted by Crippen LogP contribution is 2.23. The van der Waals surface area contributed by atoms with Gasteiger partial charge in [-0.05, 0) is 31.2 Å². The van der Waals surface area contributed by atoms with Crippen molar-refractivity contribution in [3.05, 3.63) is 35.9 Å². The van der Waals surface area contributed by atoms with Crippen LogP contribution in [0, 0.1) is 5.82 Å². The smallest absolute Gasteiger partial charge is 0.237 e. The van der Waals surface area contributed by atoms with Crippen LogP contribution in [0.5, 0.6) is 0 Å². The molecule has 3 N–H and O–H groups in total. The number of hydrogen-bond acceptors (Lipinski definition) is 5. The number of thioether (sulfide) groups is 1. The van der Waals surface area contributed by atoms with E-state index in [2.05, 4.69) is 15.5 Å². The maximum atomic E-state index is 12.9. The van der Waals surface area contributed by atoms with E-state index in [0.29, 0.717) is 23.1 Å². The average molecular weight is 351 g/mol. The fourth-order valence-electron chi connectivity index (χ4n) is 1.89. The van der Waals surface area contributed by atoms with Crippen LogP contribution in [0.1, 0.15) is 19.2 Å². The second-order valence-electron chi connectivity index (χ2n) is 5.18. The first-order chi connectivity index (χ1) is 11.4. The van der Waals surface area contributed by atoms with Gasteiger partial charge in [-0.1, -0.05) is 11.8 Å². The Morgan fingerprint density at radius 1 is 1.33 bits per heavy atom. The highest BCUT2D eigenvalue weighted by atomic mass is 32.2. The fraction of sp³-hybridized carbons (Fsp3) is 0.333. The normalized spacial score (nSPS) is 12.0. The maximum absolute atomic E-state index is 12.9. The fourth-order valence-corrected chi connectivity index (χ4v) is 2.72. The summed E-state index contributed by atoms with van der Waals surface area (Å²) in [5.74, 6) is -0.368. The van der Waals surface area contributed by atoms with Gasteiger partial charge in [-0.15, -0.1) is 10.2 Å². The quantitative estimate of drug-likeness (QED) is 0.736. The molecule has 1 aromatic carbocycles. The van der Waals surface area contributed by atoms with Gasteiger partial charge < -0.3 is 15.6 Å². The Labute approximate surface area is 142 Å². The van der Waals surface area contributed by atoms with E-state index >= 15 is 0 Å². The van der Waals surface area contributed by atoms with Crippen LogP contribution in [0.3, 0.4) is 0 Å². The minimum atomic E-state index is -0.429. The molecule has 128 valence electrons. The van der Waals surface area contributed by atoms with Gasteiger partial charge in [0, 0.05) is 25.6 Å². The zero-order chi connectivity index (χ0) is 17.7. The highest BCUT2D eigenvalue weighted by Gasteiger charge is 2.19. The Bertz CT molecular complexity index is 732. The van der Waals surface area contributed by atoms with Crippen molar-refractivity contribution in [3.8, 4) is 0 Å². The van der Waals surface area contributed by atoms with E-state index in [1.165, 1.54) is 36.0 Å². The number of nitrogens with zero attached hydrogens (tertiary/aromatic N) is 3. The van der Waals surface area contributed by atoms with E-state index in [0.717, 1.165) is 0 Å². The van der Waals surface area contributed by atoms with E-state index in [1.807, 2.05) is 0 Å². The topological polar surface area (TPSA) is 103 Å². The summed E-state index contributed by atoms with van der Waals surface area (Å²) < 4.78 is 14.6. The highest BCUT2D eigenvalue weighted by molar-refractivity contribution is 8.00. The Hall–Kier alpha value is -2.42. The molecule has 1 atom stereocenters. The van der Waals surface area contributed by atoms with Crippen LogP contribution in [0.25, 0.3) is 0 Å². The Balaban J connectivity index is 1.96. The maximum Gasteiger partial charge on any atom is 0.237 e. The van der Waals surface area contributed by atoms with Crippen LogP contribution >= 0.6 is 11.8 Å². The first kappa shape index (κ1) is 17.9. The molecule has 0 unspecified atom stereocenters. The van der Waals surface area contributed by atoms with Crippen molar-refractivity contribution in [1.82, 2.24) is 14.8 Å². The Kier molecular flexibility index (Phi) is 5.91. The average Bonchev–Trinajstić information content (AvgIpc) is 2.88. The number of amides is 2. The van der Waals surface area contributed by atoms with E-state index in [1.54, 1.807) is 18.5 Å². The second kappa shape index (κ2) is 7.91. The summed E-state index contributed by atoms with van der Waals surface area (Å²) in [6.45, 7) is 1.74. The van der Waals surface area contributed by atoms with Crippen molar-refractivity contribution in [2.24, 2.45) is 12.8 Å². The number of aromatic nitrogens is 3. The van der Waals surface area contributed by atoms with E-state index in [4.69, 9.17) is 5.73 Å². The Morgan fingerprint density at radius 2 is 2.00 bits per heavy atom. The van der Waals surface area contributed by atoms with Gasteiger partial charge in [0.05, 0.1) is 5.25 Å². The first-order valence-corrected chi connectivity index (χ1v) is 8.14. The third-order valence-corrected chi connectivity index (χ3v) is 4.42. The molecule has 2 rings (SSSR count). The van der Waals surface area contributed by atoms with Crippen molar-refractivity contribution in [3.63, 3.8) is 0 Å². The minimum Gasteiger partial charge on any atom is -0.370 e. The van der Waals surface area contributed by atoms with Crippen LogP contribution in [0.2, 0.25) is 0 Å². The third kappa shape index (κ3) is 4.79. The summed E-state index contributed by atoms with van der Waals surface area (Å²) in [7, 11) is 1.77. The van der Waals surface area contributed by atoms with Crippen molar-refractivity contribution in [1.29, 1.82) is 0 Å².